The largest absolute Gasteiger partial charge is 0.490 e. The molecule has 0 aliphatic carbocycles. The van der Waals surface area contributed by atoms with Crippen molar-refractivity contribution in [2.75, 3.05) is 19.7 Å². The van der Waals surface area contributed by atoms with Crippen molar-refractivity contribution in [2.45, 2.75) is 58.7 Å². The average molecular weight is 338 g/mol. The van der Waals surface area contributed by atoms with E-state index in [1.54, 1.807) is 32.9 Å². The predicted octanol–water partition coefficient (Wildman–Crippen LogP) is 3.82. The summed E-state index contributed by atoms with van der Waals surface area (Å²) in [6.45, 7) is 9.55. The van der Waals surface area contributed by atoms with Crippen LogP contribution in [0.1, 0.15) is 45.0 Å². The average Bonchev–Trinajstić information content (AvgIpc) is 2.42. The van der Waals surface area contributed by atoms with Gasteiger partial charge in [-0.05, 0) is 47.5 Å². The molecule has 1 aromatic rings. The van der Waals surface area contributed by atoms with Crippen LogP contribution < -0.4 is 4.74 Å². The van der Waals surface area contributed by atoms with Crippen molar-refractivity contribution in [1.82, 2.24) is 9.88 Å². The van der Waals surface area contributed by atoms with Crippen LogP contribution in [-0.4, -0.2) is 46.9 Å². The van der Waals surface area contributed by atoms with E-state index >= 15 is 4.39 Å². The molecule has 1 fully saturated rings. The monoisotopic (exact) mass is 338 g/mol. The van der Waals surface area contributed by atoms with Gasteiger partial charge in [-0.15, -0.1) is 0 Å². The lowest BCUT2D eigenvalue weighted by Gasteiger charge is -2.37. The van der Waals surface area contributed by atoms with Crippen LogP contribution in [0.5, 0.6) is 5.75 Å². The molecular weight excluding hydrogens is 311 g/mol. The Labute approximate surface area is 143 Å². The van der Waals surface area contributed by atoms with Crippen molar-refractivity contribution in [3.63, 3.8) is 0 Å². The van der Waals surface area contributed by atoms with E-state index in [2.05, 4.69) is 4.98 Å². The fourth-order valence-corrected chi connectivity index (χ4v) is 2.78. The summed E-state index contributed by atoms with van der Waals surface area (Å²) in [7, 11) is 0. The molecule has 5 nitrogen and oxygen atoms in total. The van der Waals surface area contributed by atoms with Crippen molar-refractivity contribution in [2.24, 2.45) is 0 Å². The maximum absolute atomic E-state index is 15.1. The lowest BCUT2D eigenvalue weighted by molar-refractivity contribution is -0.0191. The lowest BCUT2D eigenvalue weighted by Crippen LogP contribution is -2.51. The first-order chi connectivity index (χ1) is 11.1. The predicted molar refractivity (Wildman–Crippen MR) is 90.1 cm³/mol. The minimum atomic E-state index is -1.57. The molecule has 0 aromatic carbocycles. The van der Waals surface area contributed by atoms with E-state index in [-0.39, 0.29) is 13.2 Å². The Morgan fingerprint density at radius 2 is 1.96 bits per heavy atom. The van der Waals surface area contributed by atoms with Gasteiger partial charge in [0.15, 0.2) is 5.67 Å². The van der Waals surface area contributed by atoms with Crippen molar-refractivity contribution in [3.05, 3.63) is 23.5 Å². The molecule has 0 radical (unpaired) electrons. The number of piperidine rings is 1. The van der Waals surface area contributed by atoms with Crippen LogP contribution in [0, 0.1) is 13.8 Å². The topological polar surface area (TPSA) is 51.7 Å². The summed E-state index contributed by atoms with van der Waals surface area (Å²) in [5.41, 5.74) is -0.495. The van der Waals surface area contributed by atoms with Crippen LogP contribution >= 0.6 is 0 Å². The van der Waals surface area contributed by atoms with E-state index in [9.17, 15) is 4.79 Å². The minimum Gasteiger partial charge on any atom is -0.490 e. The van der Waals surface area contributed by atoms with Crippen LogP contribution in [0.3, 0.4) is 0 Å². The van der Waals surface area contributed by atoms with Gasteiger partial charge in [-0.2, -0.15) is 0 Å². The van der Waals surface area contributed by atoms with Crippen LogP contribution in [0.15, 0.2) is 12.1 Å². The molecule has 2 heterocycles. The highest BCUT2D eigenvalue weighted by atomic mass is 19.1. The summed E-state index contributed by atoms with van der Waals surface area (Å²) in [6, 6.07) is 3.57. The molecule has 0 bridgehead atoms. The zero-order chi connectivity index (χ0) is 18.0. The maximum Gasteiger partial charge on any atom is 0.410 e. The molecule has 1 aliphatic heterocycles. The quantitative estimate of drug-likeness (QED) is 0.841. The van der Waals surface area contributed by atoms with E-state index in [1.165, 1.54) is 4.90 Å². The molecule has 24 heavy (non-hydrogen) atoms. The number of pyridine rings is 1. The smallest absolute Gasteiger partial charge is 0.410 e. The molecule has 0 N–H and O–H groups in total. The van der Waals surface area contributed by atoms with E-state index in [0.717, 1.165) is 11.4 Å². The molecule has 0 saturated carbocycles. The van der Waals surface area contributed by atoms with Crippen molar-refractivity contribution >= 4 is 6.09 Å². The van der Waals surface area contributed by atoms with Gasteiger partial charge in [0.2, 0.25) is 0 Å². The van der Waals surface area contributed by atoms with Gasteiger partial charge < -0.3 is 14.4 Å². The zero-order valence-electron chi connectivity index (χ0n) is 15.2. The summed E-state index contributed by atoms with van der Waals surface area (Å²) in [5, 5.41) is 0. The minimum absolute atomic E-state index is 0.00897. The highest BCUT2D eigenvalue weighted by Crippen LogP contribution is 2.28. The molecule has 1 amide bonds. The van der Waals surface area contributed by atoms with Crippen molar-refractivity contribution in [1.29, 1.82) is 0 Å². The Hall–Kier alpha value is -1.85. The highest BCUT2D eigenvalue weighted by molar-refractivity contribution is 5.68. The lowest BCUT2D eigenvalue weighted by atomic mass is 9.96. The second kappa shape index (κ2) is 6.95. The van der Waals surface area contributed by atoms with E-state index < -0.39 is 17.4 Å². The van der Waals surface area contributed by atoms with Crippen molar-refractivity contribution < 1.29 is 18.7 Å². The molecule has 134 valence electrons. The number of amides is 1. The number of nitrogens with zero attached hydrogens (tertiary/aromatic N) is 2. The maximum atomic E-state index is 15.1. The van der Waals surface area contributed by atoms with Gasteiger partial charge in [-0.1, -0.05) is 0 Å². The Morgan fingerprint density at radius 3 is 2.54 bits per heavy atom. The third-order valence-electron chi connectivity index (χ3n) is 3.73. The molecule has 1 aliphatic rings. The van der Waals surface area contributed by atoms with Gasteiger partial charge in [0.1, 0.15) is 18.0 Å². The zero-order valence-corrected chi connectivity index (χ0v) is 15.2. The number of halogens is 1. The first-order valence-corrected chi connectivity index (χ1v) is 8.31. The Kier molecular flexibility index (Phi) is 5.35. The third kappa shape index (κ3) is 5.35. The number of carbonyl (C=O) groups is 1. The number of hydrogen-bond donors (Lipinski definition) is 0. The van der Waals surface area contributed by atoms with Gasteiger partial charge in [-0.25, -0.2) is 9.18 Å². The Balaban J connectivity index is 1.97. The molecular formula is C18H27FN2O3. The van der Waals surface area contributed by atoms with Gasteiger partial charge in [-0.3, -0.25) is 4.98 Å². The van der Waals surface area contributed by atoms with E-state index in [0.29, 0.717) is 25.1 Å². The number of hydrogen-bond acceptors (Lipinski definition) is 4. The molecule has 1 unspecified atom stereocenters. The number of aryl methyl sites for hydroxylation is 2. The van der Waals surface area contributed by atoms with Crippen molar-refractivity contribution in [3.8, 4) is 5.75 Å². The number of ether oxygens (including phenoxy) is 2. The highest BCUT2D eigenvalue weighted by Gasteiger charge is 2.39. The first-order valence-electron chi connectivity index (χ1n) is 8.31. The van der Waals surface area contributed by atoms with Gasteiger partial charge in [0, 0.05) is 30.1 Å². The van der Waals surface area contributed by atoms with E-state index in [4.69, 9.17) is 9.47 Å². The molecule has 1 saturated heterocycles. The summed E-state index contributed by atoms with van der Waals surface area (Å²) < 4.78 is 26.1. The van der Waals surface area contributed by atoms with Gasteiger partial charge in [0.05, 0.1) is 6.54 Å². The van der Waals surface area contributed by atoms with Crippen LogP contribution in [0.2, 0.25) is 0 Å². The van der Waals surface area contributed by atoms with Gasteiger partial charge >= 0.3 is 6.09 Å². The summed E-state index contributed by atoms with van der Waals surface area (Å²) >= 11 is 0. The molecule has 6 heteroatoms. The van der Waals surface area contributed by atoms with Gasteiger partial charge in [0.25, 0.3) is 0 Å². The first kappa shape index (κ1) is 18.5. The normalized spacial score (nSPS) is 21.5. The molecule has 1 aromatic heterocycles. The molecule has 2 rings (SSSR count). The fraction of sp³-hybridized carbons (Fsp3) is 0.667. The van der Waals surface area contributed by atoms with Crippen LogP contribution in [-0.2, 0) is 4.74 Å². The summed E-state index contributed by atoms with van der Waals surface area (Å²) in [5.74, 6) is 0.603. The van der Waals surface area contributed by atoms with E-state index in [1.807, 2.05) is 13.8 Å². The number of alkyl halides is 1. The number of likely N-dealkylation sites (tertiary alicyclic amines) is 1. The Bertz CT molecular complexity index is 580. The molecule has 0 spiro atoms. The van der Waals surface area contributed by atoms with Crippen LogP contribution in [0.25, 0.3) is 0 Å². The Morgan fingerprint density at radius 1 is 1.33 bits per heavy atom. The van der Waals surface area contributed by atoms with Crippen LogP contribution in [0.4, 0.5) is 9.18 Å². The standard InChI is InChI=1S/C18H27FN2O3/c1-13-9-15(10-14(2)20-13)23-12-18(19)7-6-8-21(11-18)16(22)24-17(3,4)5/h9-10H,6-8,11-12H2,1-5H3. The number of carbonyl (C=O) groups excluding carboxylic acids is 1. The summed E-state index contributed by atoms with van der Waals surface area (Å²) in [4.78, 5) is 17.9. The number of rotatable bonds is 3. The second-order valence-corrected chi connectivity index (χ2v) is 7.53. The SMILES string of the molecule is Cc1cc(OCC2(F)CCCN(C(=O)OC(C)(C)C)C2)cc(C)n1. The summed E-state index contributed by atoms with van der Waals surface area (Å²) in [6.07, 6.45) is 0.489. The fourth-order valence-electron chi connectivity index (χ4n) is 2.78. The number of aromatic nitrogens is 1. The molecule has 1 atom stereocenters. The third-order valence-corrected chi connectivity index (χ3v) is 3.73. The second-order valence-electron chi connectivity index (χ2n) is 7.53.